The molecule has 0 bridgehead atoms. The highest BCUT2D eigenvalue weighted by Crippen LogP contribution is 2.21. The van der Waals surface area contributed by atoms with Crippen LogP contribution in [0, 0.1) is 0 Å². The second-order valence-corrected chi connectivity index (χ2v) is 8.35. The number of fused-ring (bicyclic) bond motifs is 1. The van der Waals surface area contributed by atoms with Gasteiger partial charge in [-0.2, -0.15) is 0 Å². The zero-order valence-electron chi connectivity index (χ0n) is 15.3. The molecule has 27 heavy (non-hydrogen) atoms. The highest BCUT2D eigenvalue weighted by atomic mass is 32.2. The van der Waals surface area contributed by atoms with E-state index in [9.17, 15) is 13.2 Å². The summed E-state index contributed by atoms with van der Waals surface area (Å²) in [5, 5.41) is 3.57. The van der Waals surface area contributed by atoms with Crippen molar-refractivity contribution in [1.29, 1.82) is 0 Å². The Morgan fingerprint density at radius 3 is 2.48 bits per heavy atom. The van der Waals surface area contributed by atoms with Gasteiger partial charge in [0.05, 0.1) is 4.90 Å². The van der Waals surface area contributed by atoms with Crippen LogP contribution in [0.1, 0.15) is 30.3 Å². The van der Waals surface area contributed by atoms with Crippen molar-refractivity contribution in [1.82, 2.24) is 4.31 Å². The molecule has 0 aliphatic carbocycles. The Morgan fingerprint density at radius 2 is 1.81 bits per heavy atom. The number of sulfonamides is 1. The number of anilines is 1. The van der Waals surface area contributed by atoms with Crippen molar-refractivity contribution in [3.63, 3.8) is 0 Å². The van der Waals surface area contributed by atoms with E-state index in [0.717, 1.165) is 18.2 Å². The summed E-state index contributed by atoms with van der Waals surface area (Å²) in [6, 6.07) is 15.2. The van der Waals surface area contributed by atoms with Crippen LogP contribution in [0.3, 0.4) is 0 Å². The van der Waals surface area contributed by atoms with E-state index in [1.165, 1.54) is 16.4 Å². The van der Waals surface area contributed by atoms with E-state index < -0.39 is 10.0 Å². The summed E-state index contributed by atoms with van der Waals surface area (Å²) in [5.41, 5.74) is 1.13. The van der Waals surface area contributed by atoms with Crippen molar-refractivity contribution in [2.45, 2.75) is 24.7 Å². The van der Waals surface area contributed by atoms with Gasteiger partial charge in [-0.3, -0.25) is 4.79 Å². The first-order valence-corrected chi connectivity index (χ1v) is 10.2. The maximum atomic E-state index is 12.5. The molecule has 3 rings (SSSR count). The normalized spacial score (nSPS) is 11.8. The molecule has 7 heteroatoms. The number of rotatable bonds is 7. The fourth-order valence-corrected chi connectivity index (χ4v) is 3.89. The van der Waals surface area contributed by atoms with Gasteiger partial charge in [0.15, 0.2) is 5.76 Å². The van der Waals surface area contributed by atoms with Gasteiger partial charge in [-0.05, 0) is 42.8 Å². The van der Waals surface area contributed by atoms with Gasteiger partial charge in [-0.1, -0.05) is 31.5 Å². The number of nitrogens with one attached hydrogen (secondary N) is 1. The first-order chi connectivity index (χ1) is 12.9. The molecule has 0 aliphatic rings. The molecular weight excluding hydrogens is 364 g/mol. The van der Waals surface area contributed by atoms with E-state index in [-0.39, 0.29) is 16.6 Å². The third-order valence-electron chi connectivity index (χ3n) is 4.30. The standard InChI is InChI=1S/C20H22N2O4S/c1-3-4-13-22(2)27(24,25)17-11-9-16(10-12-17)21-20(23)19-14-15-7-5-6-8-18(15)26-19/h5-12,14H,3-4,13H2,1-2H3,(H,21,23). The summed E-state index contributed by atoms with van der Waals surface area (Å²) in [4.78, 5) is 12.6. The molecule has 1 N–H and O–H groups in total. The molecule has 1 heterocycles. The summed E-state index contributed by atoms with van der Waals surface area (Å²) in [6.07, 6.45) is 1.73. The topological polar surface area (TPSA) is 79.6 Å². The molecule has 6 nitrogen and oxygen atoms in total. The predicted octanol–water partition coefficient (Wildman–Crippen LogP) is 4.11. The van der Waals surface area contributed by atoms with Crippen LogP contribution >= 0.6 is 0 Å². The van der Waals surface area contributed by atoms with Gasteiger partial charge in [0, 0.05) is 24.7 Å². The molecule has 2 aromatic carbocycles. The minimum absolute atomic E-state index is 0.197. The van der Waals surface area contributed by atoms with Crippen molar-refractivity contribution >= 4 is 32.6 Å². The number of para-hydroxylation sites is 1. The van der Waals surface area contributed by atoms with Gasteiger partial charge in [0.2, 0.25) is 10.0 Å². The van der Waals surface area contributed by atoms with Crippen LogP contribution < -0.4 is 5.32 Å². The maximum Gasteiger partial charge on any atom is 0.291 e. The van der Waals surface area contributed by atoms with Crippen LogP contribution in [0.2, 0.25) is 0 Å². The molecule has 0 atom stereocenters. The Labute approximate surface area is 158 Å². The maximum absolute atomic E-state index is 12.5. The Morgan fingerprint density at radius 1 is 1.11 bits per heavy atom. The van der Waals surface area contributed by atoms with Gasteiger partial charge in [0.1, 0.15) is 5.58 Å². The number of carbonyl (C=O) groups excluding carboxylic acids is 1. The Balaban J connectivity index is 1.72. The Kier molecular flexibility index (Phi) is 5.62. The van der Waals surface area contributed by atoms with Crippen molar-refractivity contribution in [3.05, 3.63) is 60.4 Å². The second-order valence-electron chi connectivity index (χ2n) is 6.31. The fraction of sp³-hybridized carbons (Fsp3) is 0.250. The Bertz CT molecular complexity index is 1010. The number of hydrogen-bond donors (Lipinski definition) is 1. The smallest absolute Gasteiger partial charge is 0.291 e. The molecular formula is C20H22N2O4S. The monoisotopic (exact) mass is 386 g/mol. The number of carbonyl (C=O) groups is 1. The van der Waals surface area contributed by atoms with Crippen molar-refractivity contribution < 1.29 is 17.6 Å². The number of benzene rings is 2. The fourth-order valence-electron chi connectivity index (χ4n) is 2.68. The molecule has 0 radical (unpaired) electrons. The van der Waals surface area contributed by atoms with Crippen LogP contribution in [0.4, 0.5) is 5.69 Å². The van der Waals surface area contributed by atoms with E-state index in [1.54, 1.807) is 31.3 Å². The van der Waals surface area contributed by atoms with Crippen LogP contribution in [-0.4, -0.2) is 32.2 Å². The quantitative estimate of drug-likeness (QED) is 0.663. The van der Waals surface area contributed by atoms with E-state index in [1.807, 2.05) is 25.1 Å². The predicted molar refractivity (Wildman–Crippen MR) is 105 cm³/mol. The molecule has 0 unspecified atom stereocenters. The highest BCUT2D eigenvalue weighted by Gasteiger charge is 2.20. The average Bonchev–Trinajstić information content (AvgIpc) is 3.11. The first kappa shape index (κ1) is 19.1. The summed E-state index contributed by atoms with van der Waals surface area (Å²) in [6.45, 7) is 2.49. The zero-order valence-corrected chi connectivity index (χ0v) is 16.1. The minimum Gasteiger partial charge on any atom is -0.451 e. The van der Waals surface area contributed by atoms with Crippen LogP contribution in [0.25, 0.3) is 11.0 Å². The molecule has 0 spiro atoms. The van der Waals surface area contributed by atoms with Crippen molar-refractivity contribution in [3.8, 4) is 0 Å². The minimum atomic E-state index is -3.52. The molecule has 0 saturated carbocycles. The largest absolute Gasteiger partial charge is 0.451 e. The number of hydrogen-bond acceptors (Lipinski definition) is 4. The molecule has 0 aliphatic heterocycles. The summed E-state index contributed by atoms with van der Waals surface area (Å²) < 4.78 is 31.9. The lowest BCUT2D eigenvalue weighted by Crippen LogP contribution is -2.27. The molecule has 0 fully saturated rings. The summed E-state index contributed by atoms with van der Waals surface area (Å²) in [5.74, 6) is -0.186. The Hall–Kier alpha value is -2.64. The number of nitrogens with zero attached hydrogens (tertiary/aromatic N) is 1. The van der Waals surface area contributed by atoms with Crippen LogP contribution in [-0.2, 0) is 10.0 Å². The van der Waals surface area contributed by atoms with Crippen molar-refractivity contribution in [2.24, 2.45) is 0 Å². The van der Waals surface area contributed by atoms with E-state index in [0.29, 0.717) is 17.8 Å². The number of unbranched alkanes of at least 4 members (excludes halogenated alkanes) is 1. The summed E-state index contributed by atoms with van der Waals surface area (Å²) >= 11 is 0. The van der Waals surface area contributed by atoms with E-state index in [2.05, 4.69) is 5.32 Å². The highest BCUT2D eigenvalue weighted by molar-refractivity contribution is 7.89. The molecule has 1 aromatic heterocycles. The van der Waals surface area contributed by atoms with E-state index in [4.69, 9.17) is 4.42 Å². The molecule has 0 saturated heterocycles. The van der Waals surface area contributed by atoms with Crippen molar-refractivity contribution in [2.75, 3.05) is 18.9 Å². The van der Waals surface area contributed by atoms with Gasteiger partial charge >= 0.3 is 0 Å². The average molecular weight is 386 g/mol. The van der Waals surface area contributed by atoms with Gasteiger partial charge in [0.25, 0.3) is 5.91 Å². The number of amides is 1. The second kappa shape index (κ2) is 7.94. The third kappa shape index (κ3) is 4.20. The third-order valence-corrected chi connectivity index (χ3v) is 6.17. The lowest BCUT2D eigenvalue weighted by atomic mass is 10.2. The lowest BCUT2D eigenvalue weighted by molar-refractivity contribution is 0.0998. The first-order valence-electron chi connectivity index (χ1n) is 8.78. The van der Waals surface area contributed by atoms with Gasteiger partial charge in [-0.15, -0.1) is 0 Å². The zero-order chi connectivity index (χ0) is 19.4. The summed E-state index contributed by atoms with van der Waals surface area (Å²) in [7, 11) is -1.95. The van der Waals surface area contributed by atoms with Crippen LogP contribution in [0.15, 0.2) is 63.9 Å². The molecule has 142 valence electrons. The van der Waals surface area contributed by atoms with Gasteiger partial charge < -0.3 is 9.73 Å². The SMILES string of the molecule is CCCCN(C)S(=O)(=O)c1ccc(NC(=O)c2cc3ccccc3o2)cc1. The molecule has 3 aromatic rings. The van der Waals surface area contributed by atoms with Crippen LogP contribution in [0.5, 0.6) is 0 Å². The number of furan rings is 1. The molecule has 1 amide bonds. The van der Waals surface area contributed by atoms with Gasteiger partial charge in [-0.25, -0.2) is 12.7 Å². The lowest BCUT2D eigenvalue weighted by Gasteiger charge is -2.17. The van der Waals surface area contributed by atoms with E-state index >= 15 is 0 Å².